The van der Waals surface area contributed by atoms with Crippen LogP contribution < -0.4 is 5.32 Å². The summed E-state index contributed by atoms with van der Waals surface area (Å²) in [6, 6.07) is 2.94. The summed E-state index contributed by atoms with van der Waals surface area (Å²) in [5, 5.41) is 6.95. The first-order chi connectivity index (χ1) is 9.42. The van der Waals surface area contributed by atoms with E-state index in [0.29, 0.717) is 22.1 Å². The molecule has 4 nitrogen and oxygen atoms in total. The minimum absolute atomic E-state index is 0.278. The van der Waals surface area contributed by atoms with Gasteiger partial charge in [-0.05, 0) is 47.0 Å². The number of halogens is 2. The summed E-state index contributed by atoms with van der Waals surface area (Å²) < 4.78 is 15.5. The van der Waals surface area contributed by atoms with Crippen LogP contribution in [-0.2, 0) is 13.5 Å². The lowest BCUT2D eigenvalue weighted by Crippen LogP contribution is -2.14. The third-order valence-electron chi connectivity index (χ3n) is 3.00. The van der Waals surface area contributed by atoms with E-state index < -0.39 is 5.82 Å². The summed E-state index contributed by atoms with van der Waals surface area (Å²) in [6.45, 7) is 3.74. The summed E-state index contributed by atoms with van der Waals surface area (Å²) in [5.74, 6) is -0.687. The van der Waals surface area contributed by atoms with Crippen LogP contribution in [-0.4, -0.2) is 15.7 Å². The number of amides is 1. The minimum atomic E-state index is -0.409. The Labute approximate surface area is 125 Å². The van der Waals surface area contributed by atoms with E-state index in [2.05, 4.69) is 26.3 Å². The Balaban J connectivity index is 2.30. The third-order valence-corrected chi connectivity index (χ3v) is 3.61. The molecule has 0 saturated heterocycles. The number of hydrogen-bond donors (Lipinski definition) is 1. The molecule has 0 aliphatic heterocycles. The van der Waals surface area contributed by atoms with Gasteiger partial charge in [-0.25, -0.2) is 4.39 Å². The summed E-state index contributed by atoms with van der Waals surface area (Å²) in [6.07, 6.45) is 2.33. The first-order valence-electron chi connectivity index (χ1n) is 6.22. The van der Waals surface area contributed by atoms with Crippen molar-refractivity contribution in [3.63, 3.8) is 0 Å². The molecule has 0 radical (unpaired) electrons. The highest BCUT2D eigenvalue weighted by Gasteiger charge is 2.16. The quantitative estimate of drug-likeness (QED) is 0.930. The zero-order valence-corrected chi connectivity index (χ0v) is 13.1. The van der Waals surface area contributed by atoms with Gasteiger partial charge in [-0.3, -0.25) is 9.48 Å². The fraction of sp³-hybridized carbons (Fsp3) is 0.286. The first kappa shape index (κ1) is 14.7. The number of nitrogens with zero attached hydrogens (tertiary/aromatic N) is 2. The van der Waals surface area contributed by atoms with Crippen LogP contribution in [0.4, 0.5) is 10.1 Å². The normalized spacial score (nSPS) is 10.7. The molecule has 1 amide bonds. The Morgan fingerprint density at radius 2 is 2.20 bits per heavy atom. The Bertz CT molecular complexity index is 667. The number of aromatic nitrogens is 2. The van der Waals surface area contributed by atoms with Crippen LogP contribution in [0.3, 0.4) is 0 Å². The maximum atomic E-state index is 13.5. The van der Waals surface area contributed by atoms with Crippen molar-refractivity contribution < 1.29 is 9.18 Å². The van der Waals surface area contributed by atoms with Crippen LogP contribution in [0, 0.1) is 12.7 Å². The second kappa shape index (κ2) is 5.75. The van der Waals surface area contributed by atoms with Gasteiger partial charge in [0.25, 0.3) is 5.91 Å². The molecule has 20 heavy (non-hydrogen) atoms. The number of anilines is 1. The zero-order chi connectivity index (χ0) is 14.9. The largest absolute Gasteiger partial charge is 0.322 e. The van der Waals surface area contributed by atoms with E-state index in [9.17, 15) is 9.18 Å². The second-order valence-corrected chi connectivity index (χ2v) is 5.41. The average Bonchev–Trinajstić information content (AvgIpc) is 2.77. The summed E-state index contributed by atoms with van der Waals surface area (Å²) in [7, 11) is 1.76. The number of nitrogens with one attached hydrogen (secondary N) is 1. The van der Waals surface area contributed by atoms with Crippen LogP contribution in [0.1, 0.15) is 28.5 Å². The van der Waals surface area contributed by atoms with Gasteiger partial charge in [0.2, 0.25) is 0 Å². The van der Waals surface area contributed by atoms with E-state index in [1.165, 1.54) is 6.07 Å². The van der Waals surface area contributed by atoms with Gasteiger partial charge in [-0.1, -0.05) is 6.92 Å². The van der Waals surface area contributed by atoms with Crippen LogP contribution in [0.5, 0.6) is 0 Å². The van der Waals surface area contributed by atoms with E-state index in [1.54, 1.807) is 24.0 Å². The maximum absolute atomic E-state index is 13.5. The maximum Gasteiger partial charge on any atom is 0.259 e. The van der Waals surface area contributed by atoms with Gasteiger partial charge in [0.1, 0.15) is 5.82 Å². The topological polar surface area (TPSA) is 46.9 Å². The van der Waals surface area contributed by atoms with Crippen molar-refractivity contribution in [1.82, 2.24) is 9.78 Å². The molecule has 0 saturated carbocycles. The number of carbonyl (C=O) groups excluding carboxylic acids is 1. The predicted molar refractivity (Wildman–Crippen MR) is 79.4 cm³/mol. The number of aryl methyl sites for hydroxylation is 3. The molecule has 6 heteroatoms. The summed E-state index contributed by atoms with van der Waals surface area (Å²) >= 11 is 3.12. The first-order valence-corrected chi connectivity index (χ1v) is 7.01. The Hall–Kier alpha value is -1.69. The predicted octanol–water partition coefficient (Wildman–Crippen LogP) is 3.44. The summed E-state index contributed by atoms with van der Waals surface area (Å²) in [4.78, 5) is 12.3. The molecule has 0 fully saturated rings. The molecule has 0 atom stereocenters. The smallest absolute Gasteiger partial charge is 0.259 e. The fourth-order valence-corrected chi connectivity index (χ4v) is 2.41. The number of rotatable bonds is 3. The van der Waals surface area contributed by atoms with Crippen LogP contribution in [0.2, 0.25) is 0 Å². The highest BCUT2D eigenvalue weighted by molar-refractivity contribution is 9.10. The van der Waals surface area contributed by atoms with Crippen molar-refractivity contribution in [2.24, 2.45) is 7.05 Å². The minimum Gasteiger partial charge on any atom is -0.322 e. The molecular formula is C14H15BrFN3O. The molecule has 0 unspecified atom stereocenters. The standard InChI is InChI=1S/C14H15BrFN3O/c1-4-12-9(7-19(3)18-12)14(20)17-13-6-11(16)10(15)5-8(13)2/h5-7H,4H2,1-3H3,(H,17,20). The van der Waals surface area contributed by atoms with E-state index >= 15 is 0 Å². The molecule has 0 aliphatic carbocycles. The van der Waals surface area contributed by atoms with Gasteiger partial charge in [-0.2, -0.15) is 5.10 Å². The molecule has 2 rings (SSSR count). The Morgan fingerprint density at radius 1 is 1.50 bits per heavy atom. The molecule has 2 aromatic rings. The average molecular weight is 340 g/mol. The third kappa shape index (κ3) is 2.90. The molecule has 1 heterocycles. The SMILES string of the molecule is CCc1nn(C)cc1C(=O)Nc1cc(F)c(Br)cc1C. The van der Waals surface area contributed by atoms with Crippen molar-refractivity contribution in [3.05, 3.63) is 45.4 Å². The highest BCUT2D eigenvalue weighted by Crippen LogP contribution is 2.24. The Morgan fingerprint density at radius 3 is 2.85 bits per heavy atom. The van der Waals surface area contributed by atoms with Crippen LogP contribution >= 0.6 is 15.9 Å². The Kier molecular flexibility index (Phi) is 4.23. The fourth-order valence-electron chi connectivity index (χ4n) is 1.96. The second-order valence-electron chi connectivity index (χ2n) is 4.55. The lowest BCUT2D eigenvalue weighted by Gasteiger charge is -2.09. The monoisotopic (exact) mass is 339 g/mol. The van der Waals surface area contributed by atoms with Crippen molar-refractivity contribution in [3.8, 4) is 0 Å². The van der Waals surface area contributed by atoms with Crippen molar-refractivity contribution in [2.45, 2.75) is 20.3 Å². The lowest BCUT2D eigenvalue weighted by molar-refractivity contribution is 0.102. The van der Waals surface area contributed by atoms with E-state index in [1.807, 2.05) is 13.8 Å². The molecule has 0 bridgehead atoms. The number of carbonyl (C=O) groups is 1. The van der Waals surface area contributed by atoms with Crippen molar-refractivity contribution >= 4 is 27.5 Å². The van der Waals surface area contributed by atoms with Crippen molar-refractivity contribution in [1.29, 1.82) is 0 Å². The summed E-state index contributed by atoms with van der Waals surface area (Å²) in [5.41, 5.74) is 2.48. The van der Waals surface area contributed by atoms with Crippen LogP contribution in [0.15, 0.2) is 22.8 Å². The number of hydrogen-bond acceptors (Lipinski definition) is 2. The van der Waals surface area contributed by atoms with Gasteiger partial charge in [0.05, 0.1) is 15.7 Å². The van der Waals surface area contributed by atoms with E-state index in [-0.39, 0.29) is 5.91 Å². The molecule has 1 N–H and O–H groups in total. The van der Waals surface area contributed by atoms with Gasteiger partial charge < -0.3 is 5.32 Å². The zero-order valence-electron chi connectivity index (χ0n) is 11.5. The van der Waals surface area contributed by atoms with Crippen LogP contribution in [0.25, 0.3) is 0 Å². The van der Waals surface area contributed by atoms with E-state index in [4.69, 9.17) is 0 Å². The highest BCUT2D eigenvalue weighted by atomic mass is 79.9. The molecule has 0 aliphatic rings. The number of benzene rings is 1. The molecule has 106 valence electrons. The van der Waals surface area contributed by atoms with Gasteiger partial charge in [0.15, 0.2) is 0 Å². The molecule has 1 aromatic carbocycles. The molecular weight excluding hydrogens is 325 g/mol. The molecule has 1 aromatic heterocycles. The van der Waals surface area contributed by atoms with E-state index in [0.717, 1.165) is 11.3 Å². The lowest BCUT2D eigenvalue weighted by atomic mass is 10.1. The van der Waals surface area contributed by atoms with Crippen molar-refractivity contribution in [2.75, 3.05) is 5.32 Å². The molecule has 0 spiro atoms. The van der Waals surface area contributed by atoms with Gasteiger partial charge in [-0.15, -0.1) is 0 Å². The van der Waals surface area contributed by atoms with Gasteiger partial charge in [0, 0.05) is 18.9 Å². The van der Waals surface area contributed by atoms with Gasteiger partial charge >= 0.3 is 0 Å².